The van der Waals surface area contributed by atoms with E-state index in [1.807, 2.05) is 0 Å². The summed E-state index contributed by atoms with van der Waals surface area (Å²) >= 11 is 0. The Hall–Kier alpha value is -1.32. The predicted octanol–water partition coefficient (Wildman–Crippen LogP) is 2.27. The number of para-hydroxylation sites is 1. The van der Waals surface area contributed by atoms with Gasteiger partial charge in [-0.05, 0) is 30.4 Å². The SMILES string of the molecule is c1ccc2[nH]c(CNN3CCCC3)cc2c1. The number of hydrogen-bond donors (Lipinski definition) is 2. The minimum Gasteiger partial charge on any atom is -0.357 e. The number of benzene rings is 1. The summed E-state index contributed by atoms with van der Waals surface area (Å²) in [5, 5.41) is 3.60. The molecule has 0 radical (unpaired) electrons. The predicted molar refractivity (Wildman–Crippen MR) is 65.9 cm³/mol. The van der Waals surface area contributed by atoms with Gasteiger partial charge in [0.1, 0.15) is 0 Å². The summed E-state index contributed by atoms with van der Waals surface area (Å²) < 4.78 is 0. The highest BCUT2D eigenvalue weighted by Gasteiger charge is 2.10. The van der Waals surface area contributed by atoms with Crippen molar-refractivity contribution in [2.45, 2.75) is 19.4 Å². The lowest BCUT2D eigenvalue weighted by Gasteiger charge is -2.15. The molecule has 2 aromatic rings. The Morgan fingerprint density at radius 3 is 2.81 bits per heavy atom. The van der Waals surface area contributed by atoms with Gasteiger partial charge in [-0.3, -0.25) is 0 Å². The monoisotopic (exact) mass is 215 g/mol. The van der Waals surface area contributed by atoms with Crippen molar-refractivity contribution in [2.75, 3.05) is 13.1 Å². The standard InChI is InChI=1S/C13H17N3/c1-2-6-13-11(5-1)9-12(15-13)10-14-16-7-3-4-8-16/h1-2,5-6,9,14-15H,3-4,7-8,10H2. The molecule has 3 heteroatoms. The van der Waals surface area contributed by atoms with Crippen molar-refractivity contribution in [1.29, 1.82) is 0 Å². The van der Waals surface area contributed by atoms with Crippen LogP contribution in [0.3, 0.4) is 0 Å². The first-order chi connectivity index (χ1) is 7.92. The van der Waals surface area contributed by atoms with Gasteiger partial charge in [0.15, 0.2) is 0 Å². The molecule has 1 aliphatic heterocycles. The molecule has 0 aliphatic carbocycles. The smallest absolute Gasteiger partial charge is 0.0504 e. The van der Waals surface area contributed by atoms with E-state index in [2.05, 4.69) is 45.8 Å². The Morgan fingerprint density at radius 1 is 1.19 bits per heavy atom. The van der Waals surface area contributed by atoms with Crippen LogP contribution in [-0.4, -0.2) is 23.1 Å². The molecule has 16 heavy (non-hydrogen) atoms. The summed E-state index contributed by atoms with van der Waals surface area (Å²) in [4.78, 5) is 3.43. The molecule has 3 nitrogen and oxygen atoms in total. The summed E-state index contributed by atoms with van der Waals surface area (Å²) in [6.07, 6.45) is 2.64. The van der Waals surface area contributed by atoms with Gasteiger partial charge in [0, 0.05) is 24.3 Å². The van der Waals surface area contributed by atoms with Gasteiger partial charge in [-0.25, -0.2) is 10.4 Å². The third kappa shape index (κ3) is 1.96. The van der Waals surface area contributed by atoms with Crippen molar-refractivity contribution in [3.63, 3.8) is 0 Å². The molecule has 1 fully saturated rings. The second kappa shape index (κ2) is 4.28. The minimum absolute atomic E-state index is 0.898. The normalized spacial score (nSPS) is 17.2. The van der Waals surface area contributed by atoms with E-state index in [4.69, 9.17) is 0 Å². The number of nitrogens with zero attached hydrogens (tertiary/aromatic N) is 1. The molecule has 2 heterocycles. The van der Waals surface area contributed by atoms with E-state index >= 15 is 0 Å². The molecule has 2 N–H and O–H groups in total. The number of aromatic amines is 1. The Balaban J connectivity index is 1.69. The van der Waals surface area contributed by atoms with Crippen LogP contribution in [-0.2, 0) is 6.54 Å². The molecule has 0 atom stereocenters. The first-order valence-corrected chi connectivity index (χ1v) is 5.97. The molecule has 0 unspecified atom stereocenters. The fourth-order valence-electron chi connectivity index (χ4n) is 2.30. The number of rotatable bonds is 3. The van der Waals surface area contributed by atoms with E-state index in [1.54, 1.807) is 0 Å². The van der Waals surface area contributed by atoms with Gasteiger partial charge < -0.3 is 4.98 Å². The Morgan fingerprint density at radius 2 is 2.00 bits per heavy atom. The topological polar surface area (TPSA) is 31.1 Å². The molecular weight excluding hydrogens is 198 g/mol. The molecule has 3 rings (SSSR count). The lowest BCUT2D eigenvalue weighted by atomic mass is 10.2. The summed E-state index contributed by atoms with van der Waals surface area (Å²) in [6.45, 7) is 3.26. The van der Waals surface area contributed by atoms with Crippen molar-refractivity contribution < 1.29 is 0 Å². The fraction of sp³-hybridized carbons (Fsp3) is 0.385. The molecule has 0 saturated carbocycles. The number of hydrogen-bond acceptors (Lipinski definition) is 2. The van der Waals surface area contributed by atoms with E-state index in [0.29, 0.717) is 0 Å². The van der Waals surface area contributed by atoms with Gasteiger partial charge in [0.2, 0.25) is 0 Å². The van der Waals surface area contributed by atoms with Gasteiger partial charge >= 0.3 is 0 Å². The highest BCUT2D eigenvalue weighted by atomic mass is 15.5. The van der Waals surface area contributed by atoms with Crippen molar-refractivity contribution in [3.8, 4) is 0 Å². The Labute approximate surface area is 95.4 Å². The Bertz CT molecular complexity index is 436. The van der Waals surface area contributed by atoms with Crippen molar-refractivity contribution in [2.24, 2.45) is 0 Å². The van der Waals surface area contributed by atoms with Gasteiger partial charge in [0.25, 0.3) is 0 Å². The van der Waals surface area contributed by atoms with Crippen LogP contribution >= 0.6 is 0 Å². The van der Waals surface area contributed by atoms with Gasteiger partial charge in [-0.2, -0.15) is 0 Å². The fourth-order valence-corrected chi connectivity index (χ4v) is 2.30. The highest BCUT2D eigenvalue weighted by Crippen LogP contribution is 2.14. The lowest BCUT2D eigenvalue weighted by Crippen LogP contribution is -2.34. The number of aromatic nitrogens is 1. The van der Waals surface area contributed by atoms with Crippen molar-refractivity contribution >= 4 is 10.9 Å². The minimum atomic E-state index is 0.898. The van der Waals surface area contributed by atoms with Crippen molar-refractivity contribution in [3.05, 3.63) is 36.0 Å². The van der Waals surface area contributed by atoms with Gasteiger partial charge in [-0.15, -0.1) is 0 Å². The van der Waals surface area contributed by atoms with Crippen LogP contribution in [0.5, 0.6) is 0 Å². The average Bonchev–Trinajstić information content (AvgIpc) is 2.95. The zero-order chi connectivity index (χ0) is 10.8. The summed E-state index contributed by atoms with van der Waals surface area (Å²) in [5.41, 5.74) is 5.94. The zero-order valence-electron chi connectivity index (χ0n) is 9.37. The van der Waals surface area contributed by atoms with Gasteiger partial charge in [-0.1, -0.05) is 18.2 Å². The summed E-state index contributed by atoms with van der Waals surface area (Å²) in [6, 6.07) is 10.6. The molecule has 84 valence electrons. The van der Waals surface area contributed by atoms with Crippen LogP contribution < -0.4 is 5.43 Å². The molecule has 1 saturated heterocycles. The van der Waals surface area contributed by atoms with Crippen LogP contribution in [0.25, 0.3) is 10.9 Å². The number of nitrogens with one attached hydrogen (secondary N) is 2. The molecule has 0 bridgehead atoms. The second-order valence-electron chi connectivity index (χ2n) is 4.41. The molecule has 1 aromatic carbocycles. The first kappa shape index (κ1) is 9.87. The quantitative estimate of drug-likeness (QED) is 0.823. The largest absolute Gasteiger partial charge is 0.357 e. The van der Waals surface area contributed by atoms with Crippen LogP contribution in [0.4, 0.5) is 0 Å². The van der Waals surface area contributed by atoms with E-state index < -0.39 is 0 Å². The van der Waals surface area contributed by atoms with E-state index in [1.165, 1.54) is 42.5 Å². The van der Waals surface area contributed by atoms with Crippen LogP contribution in [0.1, 0.15) is 18.5 Å². The summed E-state index contributed by atoms with van der Waals surface area (Å²) in [7, 11) is 0. The molecular formula is C13H17N3. The van der Waals surface area contributed by atoms with E-state index in [-0.39, 0.29) is 0 Å². The zero-order valence-corrected chi connectivity index (χ0v) is 9.37. The highest BCUT2D eigenvalue weighted by molar-refractivity contribution is 5.80. The summed E-state index contributed by atoms with van der Waals surface area (Å²) in [5.74, 6) is 0. The first-order valence-electron chi connectivity index (χ1n) is 5.97. The van der Waals surface area contributed by atoms with Crippen LogP contribution in [0.2, 0.25) is 0 Å². The maximum absolute atomic E-state index is 3.46. The van der Waals surface area contributed by atoms with E-state index in [9.17, 15) is 0 Å². The number of hydrazine groups is 1. The van der Waals surface area contributed by atoms with Crippen molar-refractivity contribution in [1.82, 2.24) is 15.4 Å². The molecule has 0 amide bonds. The van der Waals surface area contributed by atoms with Crippen LogP contribution in [0.15, 0.2) is 30.3 Å². The average molecular weight is 215 g/mol. The number of fused-ring (bicyclic) bond motifs is 1. The second-order valence-corrected chi connectivity index (χ2v) is 4.41. The maximum Gasteiger partial charge on any atom is 0.0504 e. The molecule has 1 aromatic heterocycles. The maximum atomic E-state index is 3.46. The number of H-pyrrole nitrogens is 1. The third-order valence-electron chi connectivity index (χ3n) is 3.18. The molecule has 0 spiro atoms. The van der Waals surface area contributed by atoms with Gasteiger partial charge in [0.05, 0.1) is 6.54 Å². The third-order valence-corrected chi connectivity index (χ3v) is 3.18. The van der Waals surface area contributed by atoms with E-state index in [0.717, 1.165) is 6.54 Å². The van der Waals surface area contributed by atoms with Crippen LogP contribution in [0, 0.1) is 0 Å². The molecule has 1 aliphatic rings. The lowest BCUT2D eigenvalue weighted by molar-refractivity contribution is 0.231. The Kier molecular flexibility index (Phi) is 2.64.